The molecule has 0 saturated heterocycles. The second-order valence-electron chi connectivity index (χ2n) is 4.77. The van der Waals surface area contributed by atoms with Gasteiger partial charge in [0.25, 0.3) is 0 Å². The fourth-order valence-electron chi connectivity index (χ4n) is 2.08. The number of benzene rings is 2. The van der Waals surface area contributed by atoms with E-state index in [0.29, 0.717) is 10.6 Å². The van der Waals surface area contributed by atoms with Crippen molar-refractivity contribution in [3.8, 4) is 6.07 Å². The molecule has 1 unspecified atom stereocenters. The molecule has 0 bridgehead atoms. The first-order valence-corrected chi connectivity index (χ1v) is 7.07. The Morgan fingerprint density at radius 1 is 1.20 bits per heavy atom. The summed E-state index contributed by atoms with van der Waals surface area (Å²) in [6.45, 7) is 4.25. The molecule has 0 aliphatic rings. The molecule has 2 aromatic carbocycles. The normalized spacial score (nSPS) is 11.7. The number of hydrogen-bond donors (Lipinski definition) is 1. The third kappa shape index (κ3) is 3.31. The van der Waals surface area contributed by atoms with Crippen molar-refractivity contribution in [2.45, 2.75) is 26.3 Å². The van der Waals surface area contributed by atoms with Gasteiger partial charge in [0.15, 0.2) is 0 Å². The molecule has 0 saturated carbocycles. The Balaban J connectivity index is 2.14. The molecule has 1 N–H and O–H groups in total. The van der Waals surface area contributed by atoms with Crippen LogP contribution in [0.5, 0.6) is 0 Å². The highest BCUT2D eigenvalue weighted by Crippen LogP contribution is 2.24. The summed E-state index contributed by atoms with van der Waals surface area (Å²) < 4.78 is 0. The minimum Gasteiger partial charge on any atom is -0.378 e. The Kier molecular flexibility index (Phi) is 4.65. The van der Waals surface area contributed by atoms with E-state index in [-0.39, 0.29) is 6.04 Å². The Morgan fingerprint density at radius 3 is 2.50 bits per heavy atom. The summed E-state index contributed by atoms with van der Waals surface area (Å²) in [5.74, 6) is 0. The zero-order valence-corrected chi connectivity index (χ0v) is 12.4. The molecule has 0 aliphatic heterocycles. The van der Waals surface area contributed by atoms with Gasteiger partial charge in [-0.25, -0.2) is 0 Å². The van der Waals surface area contributed by atoms with Crippen molar-refractivity contribution < 1.29 is 0 Å². The van der Waals surface area contributed by atoms with Gasteiger partial charge in [0.05, 0.1) is 10.6 Å². The lowest BCUT2D eigenvalue weighted by molar-refractivity contribution is 0.882. The van der Waals surface area contributed by atoms with E-state index in [1.54, 1.807) is 12.1 Å². The van der Waals surface area contributed by atoms with Crippen molar-refractivity contribution in [3.63, 3.8) is 0 Å². The van der Waals surface area contributed by atoms with E-state index in [1.807, 2.05) is 6.07 Å². The molecule has 20 heavy (non-hydrogen) atoms. The van der Waals surface area contributed by atoms with Crippen LogP contribution in [0.15, 0.2) is 42.5 Å². The molecule has 0 amide bonds. The Labute approximate surface area is 125 Å². The van der Waals surface area contributed by atoms with Crippen molar-refractivity contribution >= 4 is 17.3 Å². The number of nitrogens with one attached hydrogen (secondary N) is 1. The molecule has 0 fully saturated rings. The fourth-order valence-corrected chi connectivity index (χ4v) is 2.24. The van der Waals surface area contributed by atoms with Crippen LogP contribution in [0.4, 0.5) is 5.69 Å². The summed E-state index contributed by atoms with van der Waals surface area (Å²) in [4.78, 5) is 0. The molecular weight excluding hydrogens is 268 g/mol. The molecule has 0 heterocycles. The van der Waals surface area contributed by atoms with Gasteiger partial charge < -0.3 is 5.32 Å². The van der Waals surface area contributed by atoms with E-state index in [4.69, 9.17) is 16.9 Å². The van der Waals surface area contributed by atoms with Gasteiger partial charge in [-0.05, 0) is 42.7 Å². The number of anilines is 1. The summed E-state index contributed by atoms with van der Waals surface area (Å²) >= 11 is 5.93. The topological polar surface area (TPSA) is 35.8 Å². The van der Waals surface area contributed by atoms with Crippen LogP contribution in [-0.4, -0.2) is 0 Å². The van der Waals surface area contributed by atoms with Gasteiger partial charge in [-0.15, -0.1) is 0 Å². The van der Waals surface area contributed by atoms with Crippen molar-refractivity contribution in [2.24, 2.45) is 0 Å². The van der Waals surface area contributed by atoms with Gasteiger partial charge in [0.2, 0.25) is 0 Å². The van der Waals surface area contributed by atoms with Crippen LogP contribution < -0.4 is 5.32 Å². The largest absolute Gasteiger partial charge is 0.378 e. The number of nitriles is 1. The molecule has 2 rings (SSSR count). The molecule has 0 aliphatic carbocycles. The first-order valence-electron chi connectivity index (χ1n) is 6.69. The molecule has 0 spiro atoms. The number of halogens is 1. The monoisotopic (exact) mass is 284 g/mol. The van der Waals surface area contributed by atoms with Gasteiger partial charge in [0, 0.05) is 11.7 Å². The quantitative estimate of drug-likeness (QED) is 0.862. The van der Waals surface area contributed by atoms with E-state index < -0.39 is 0 Å². The van der Waals surface area contributed by atoms with Crippen LogP contribution in [0.25, 0.3) is 0 Å². The van der Waals surface area contributed by atoms with E-state index in [1.165, 1.54) is 11.1 Å². The number of hydrogen-bond acceptors (Lipinski definition) is 2. The molecule has 2 nitrogen and oxygen atoms in total. The minimum atomic E-state index is 0.175. The first-order chi connectivity index (χ1) is 9.63. The molecule has 0 radical (unpaired) electrons. The second-order valence-corrected chi connectivity index (χ2v) is 5.17. The Hall–Kier alpha value is -1.98. The van der Waals surface area contributed by atoms with Crippen LogP contribution in [0.1, 0.15) is 36.6 Å². The van der Waals surface area contributed by atoms with E-state index in [9.17, 15) is 0 Å². The van der Waals surface area contributed by atoms with Crippen LogP contribution in [0.2, 0.25) is 5.02 Å². The fraction of sp³-hybridized carbons (Fsp3) is 0.235. The van der Waals surface area contributed by atoms with Crippen LogP contribution in [0, 0.1) is 11.3 Å². The van der Waals surface area contributed by atoms with Gasteiger partial charge in [-0.1, -0.05) is 42.8 Å². The van der Waals surface area contributed by atoms with E-state index >= 15 is 0 Å². The van der Waals surface area contributed by atoms with Crippen LogP contribution >= 0.6 is 11.6 Å². The highest BCUT2D eigenvalue weighted by molar-refractivity contribution is 6.31. The third-order valence-electron chi connectivity index (χ3n) is 3.36. The lowest BCUT2D eigenvalue weighted by Gasteiger charge is -2.16. The lowest BCUT2D eigenvalue weighted by Crippen LogP contribution is -2.06. The maximum atomic E-state index is 8.99. The van der Waals surface area contributed by atoms with Crippen molar-refractivity contribution in [3.05, 3.63) is 64.2 Å². The van der Waals surface area contributed by atoms with Crippen molar-refractivity contribution in [2.75, 3.05) is 5.32 Å². The highest BCUT2D eigenvalue weighted by Gasteiger charge is 2.07. The smallest absolute Gasteiger partial charge is 0.101 e. The Bertz CT molecular complexity index is 626. The predicted molar refractivity (Wildman–Crippen MR) is 84.0 cm³/mol. The number of aryl methyl sites for hydroxylation is 1. The first kappa shape index (κ1) is 14.4. The number of nitrogens with zero attached hydrogens (tertiary/aromatic N) is 1. The summed E-state index contributed by atoms with van der Waals surface area (Å²) in [7, 11) is 0. The minimum absolute atomic E-state index is 0.175. The third-order valence-corrected chi connectivity index (χ3v) is 3.69. The van der Waals surface area contributed by atoms with Crippen molar-refractivity contribution in [1.82, 2.24) is 0 Å². The summed E-state index contributed by atoms with van der Waals surface area (Å²) in [5, 5.41) is 12.9. The van der Waals surface area contributed by atoms with Crippen LogP contribution in [-0.2, 0) is 6.42 Å². The molecule has 0 aromatic heterocycles. The lowest BCUT2D eigenvalue weighted by atomic mass is 10.0. The standard InChI is InChI=1S/C17H17ClN2/c1-3-13-4-6-14(7-5-13)12(2)20-16-8-9-17(18)15(10-16)11-19/h4-10,12,20H,3H2,1-2H3. The number of rotatable bonds is 4. The van der Waals surface area contributed by atoms with Crippen molar-refractivity contribution in [1.29, 1.82) is 5.26 Å². The zero-order chi connectivity index (χ0) is 14.5. The maximum absolute atomic E-state index is 8.99. The molecule has 102 valence electrons. The summed E-state index contributed by atoms with van der Waals surface area (Å²) in [5.41, 5.74) is 3.94. The molecule has 3 heteroatoms. The molecule has 2 aromatic rings. The van der Waals surface area contributed by atoms with Gasteiger partial charge >= 0.3 is 0 Å². The maximum Gasteiger partial charge on any atom is 0.101 e. The molecular formula is C17H17ClN2. The highest BCUT2D eigenvalue weighted by atomic mass is 35.5. The van der Waals surface area contributed by atoms with E-state index in [0.717, 1.165) is 12.1 Å². The van der Waals surface area contributed by atoms with Gasteiger partial charge in [-0.2, -0.15) is 5.26 Å². The van der Waals surface area contributed by atoms with Gasteiger partial charge in [-0.3, -0.25) is 0 Å². The summed E-state index contributed by atoms with van der Waals surface area (Å²) in [6, 6.07) is 16.2. The second kappa shape index (κ2) is 6.45. The summed E-state index contributed by atoms with van der Waals surface area (Å²) in [6.07, 6.45) is 1.05. The average molecular weight is 285 g/mol. The SMILES string of the molecule is CCc1ccc(C(C)Nc2ccc(Cl)c(C#N)c2)cc1. The molecule has 1 atom stereocenters. The predicted octanol–water partition coefficient (Wildman–Crippen LogP) is 4.95. The zero-order valence-electron chi connectivity index (χ0n) is 11.7. The van der Waals surface area contributed by atoms with E-state index in [2.05, 4.69) is 49.5 Å². The average Bonchev–Trinajstić information content (AvgIpc) is 2.49. The van der Waals surface area contributed by atoms with Crippen LogP contribution in [0.3, 0.4) is 0 Å². The Morgan fingerprint density at radius 2 is 1.90 bits per heavy atom. The van der Waals surface area contributed by atoms with Gasteiger partial charge in [0.1, 0.15) is 6.07 Å².